The van der Waals surface area contributed by atoms with Gasteiger partial charge in [-0.1, -0.05) is 116 Å². The number of hydrogen-bond acceptors (Lipinski definition) is 3. The van der Waals surface area contributed by atoms with Crippen LogP contribution in [0, 0.1) is 47.1 Å². The molecule has 2 aliphatic carbocycles. The molecule has 2 saturated carbocycles. The summed E-state index contributed by atoms with van der Waals surface area (Å²) in [5, 5.41) is 1.37. The van der Waals surface area contributed by atoms with Crippen LogP contribution in [0.5, 0.6) is 0 Å². The third-order valence-corrected chi connectivity index (χ3v) is 16.3. The Balaban J connectivity index is 0.000000162. The average Bonchev–Trinajstić information content (AvgIpc) is 4.26. The first-order valence-electron chi connectivity index (χ1n) is 24.5. The molecule has 3 unspecified atom stereocenters. The maximum Gasteiger partial charge on any atom is 0.137 e. The van der Waals surface area contributed by atoms with E-state index in [0.29, 0.717) is 46.8 Å². The largest absolute Gasteiger partial charge is 0.372 e. The van der Waals surface area contributed by atoms with Gasteiger partial charge in [0.1, 0.15) is 30.2 Å². The number of hydrogen-bond donors (Lipinski definition) is 0. The maximum absolute atomic E-state index is 15.3. The Bertz CT molecular complexity index is 2530. The topological polar surface area (TPSA) is 37.6 Å². The minimum atomic E-state index is -0.337. The minimum Gasteiger partial charge on any atom is -0.372 e. The lowest BCUT2D eigenvalue weighted by Crippen LogP contribution is -2.42. The van der Waals surface area contributed by atoms with E-state index >= 15 is 8.78 Å². The first-order chi connectivity index (χ1) is 30.9. The lowest BCUT2D eigenvalue weighted by atomic mass is 9.77. The number of nitrogens with zero attached hydrogens (tertiary/aromatic N) is 2. The van der Waals surface area contributed by atoms with Gasteiger partial charge in [0, 0.05) is 47.7 Å². The van der Waals surface area contributed by atoms with Crippen molar-refractivity contribution >= 4 is 21.8 Å². The highest BCUT2D eigenvalue weighted by Gasteiger charge is 2.41. The van der Waals surface area contributed by atoms with Gasteiger partial charge in [0.05, 0.1) is 23.2 Å². The first-order valence-corrected chi connectivity index (χ1v) is 24.5. The lowest BCUT2D eigenvalue weighted by molar-refractivity contribution is -0.166. The first kappa shape index (κ1) is 44.9. The zero-order valence-electron chi connectivity index (χ0n) is 39.6. The van der Waals surface area contributed by atoms with Gasteiger partial charge in [-0.05, 0) is 133 Å². The molecular weight excluding hydrogens is 799 g/mol. The summed E-state index contributed by atoms with van der Waals surface area (Å²) in [5.41, 5.74) is 8.83. The molecule has 64 heavy (non-hydrogen) atoms. The van der Waals surface area contributed by atoms with Crippen LogP contribution < -0.4 is 0 Å². The van der Waals surface area contributed by atoms with E-state index in [-0.39, 0.29) is 42.4 Å². The van der Waals surface area contributed by atoms with Gasteiger partial charge >= 0.3 is 0 Å². The van der Waals surface area contributed by atoms with E-state index < -0.39 is 0 Å². The molecule has 11 atom stereocenters. The number of methoxy groups -OCH3 is 1. The highest BCUT2D eigenvalue weighted by molar-refractivity contribution is 5.86. The van der Waals surface area contributed by atoms with E-state index in [2.05, 4.69) is 125 Å². The van der Waals surface area contributed by atoms with Gasteiger partial charge in [-0.3, -0.25) is 0 Å². The molecule has 4 heterocycles. The third-order valence-electron chi connectivity index (χ3n) is 16.3. The molecular formula is C57H70F2N2O3. The number of benzene rings is 4. The molecule has 0 N–H and O–H groups in total. The van der Waals surface area contributed by atoms with E-state index in [0.717, 1.165) is 58.3 Å². The molecule has 2 saturated heterocycles. The molecule has 4 aromatic carbocycles. The van der Waals surface area contributed by atoms with Crippen LogP contribution in [0.15, 0.2) is 97.3 Å². The molecule has 2 aromatic heterocycles. The molecule has 4 fully saturated rings. The second-order valence-corrected chi connectivity index (χ2v) is 20.2. The third kappa shape index (κ3) is 8.50. The summed E-state index contributed by atoms with van der Waals surface area (Å²) in [6.45, 7) is 18.2. The van der Waals surface area contributed by atoms with Crippen LogP contribution >= 0.6 is 0 Å². The van der Waals surface area contributed by atoms with Crippen molar-refractivity contribution in [2.24, 2.45) is 35.5 Å². The molecule has 0 bridgehead atoms. The van der Waals surface area contributed by atoms with Crippen LogP contribution in [0.4, 0.5) is 8.78 Å². The van der Waals surface area contributed by atoms with Crippen LogP contribution in [-0.4, -0.2) is 28.5 Å². The van der Waals surface area contributed by atoms with Crippen molar-refractivity contribution in [1.29, 1.82) is 0 Å². The van der Waals surface area contributed by atoms with Gasteiger partial charge in [0.2, 0.25) is 0 Å². The number of aromatic nitrogens is 2. The summed E-state index contributed by atoms with van der Waals surface area (Å²) in [7, 11) is 1.71. The normalized spacial score (nSPS) is 28.9. The van der Waals surface area contributed by atoms with Crippen molar-refractivity contribution in [2.45, 2.75) is 143 Å². The number of halogens is 2. The molecule has 0 spiro atoms. The predicted octanol–water partition coefficient (Wildman–Crippen LogP) is 15.1. The fourth-order valence-corrected chi connectivity index (χ4v) is 11.3. The Hall–Kier alpha value is -4.30. The Kier molecular flexibility index (Phi) is 13.0. The zero-order chi connectivity index (χ0) is 45.0. The van der Waals surface area contributed by atoms with Crippen molar-refractivity contribution in [1.82, 2.24) is 9.13 Å². The van der Waals surface area contributed by atoms with E-state index in [1.54, 1.807) is 25.3 Å². The van der Waals surface area contributed by atoms with E-state index in [1.807, 2.05) is 18.2 Å². The van der Waals surface area contributed by atoms with E-state index in [9.17, 15) is 0 Å². The van der Waals surface area contributed by atoms with Gasteiger partial charge in [0.25, 0.3) is 0 Å². The predicted molar refractivity (Wildman–Crippen MR) is 256 cm³/mol. The zero-order valence-corrected chi connectivity index (χ0v) is 39.6. The molecule has 4 aliphatic rings. The van der Waals surface area contributed by atoms with Gasteiger partial charge in [-0.25, -0.2) is 8.78 Å². The Morgan fingerprint density at radius 2 is 1.05 bits per heavy atom. The van der Waals surface area contributed by atoms with Gasteiger partial charge in [-0.15, -0.1) is 0 Å². The highest BCUT2D eigenvalue weighted by Crippen LogP contribution is 2.47. The molecule has 0 amide bonds. The maximum atomic E-state index is 15.3. The molecule has 6 aromatic rings. The number of ether oxygens (including phenoxy) is 3. The Labute approximate surface area is 380 Å². The average molecular weight is 869 g/mol. The van der Waals surface area contributed by atoms with Crippen LogP contribution in [0.25, 0.3) is 21.8 Å². The van der Waals surface area contributed by atoms with Crippen molar-refractivity contribution in [3.05, 3.63) is 142 Å². The summed E-state index contributed by atoms with van der Waals surface area (Å²) in [5.74, 6) is 3.87. The molecule has 5 nitrogen and oxygen atoms in total. The van der Waals surface area contributed by atoms with Crippen LogP contribution in [0.1, 0.15) is 158 Å². The molecule has 10 rings (SSSR count). The fraction of sp³-hybridized carbons (Fsp3) is 0.509. The Morgan fingerprint density at radius 1 is 0.578 bits per heavy atom. The molecule has 7 heteroatoms. The minimum absolute atomic E-state index is 0.0635. The summed E-state index contributed by atoms with van der Waals surface area (Å²) in [6.07, 6.45) is 12.0. The summed E-state index contributed by atoms with van der Waals surface area (Å²) < 4.78 is 53.9. The summed E-state index contributed by atoms with van der Waals surface area (Å²) in [4.78, 5) is 0. The molecule has 340 valence electrons. The van der Waals surface area contributed by atoms with Gasteiger partial charge in [-0.2, -0.15) is 0 Å². The van der Waals surface area contributed by atoms with Gasteiger partial charge in [0.15, 0.2) is 0 Å². The van der Waals surface area contributed by atoms with Crippen molar-refractivity contribution in [2.75, 3.05) is 7.11 Å². The number of rotatable bonds is 11. The van der Waals surface area contributed by atoms with Crippen molar-refractivity contribution < 1.29 is 23.0 Å². The van der Waals surface area contributed by atoms with E-state index in [4.69, 9.17) is 14.2 Å². The second-order valence-electron chi connectivity index (χ2n) is 20.2. The highest BCUT2D eigenvalue weighted by atomic mass is 19.1. The second kappa shape index (κ2) is 18.5. The monoisotopic (exact) mass is 869 g/mol. The standard InChI is InChI=1S/C29H36FNO2.C28H34FNO/c1-6-26-18(3)17(2)19(4)29(33-26)31-16-23(27-24(30)8-7-9-25(27)31)28(32-5)22-14-12-21(13-15-22)20-10-11-20;1-5-26-18(3)17(2)19(4)28(31-26)30-16-23(27-24(29)7-6-8-25(27)30)15-20-9-11-21(12-10-20)22-13-14-22/h7-9,12-20,26,28-29H,6,10-11H2,1-5H3;6-12,16-19,22,26,28H,5,13-15H2,1-4H3/t17-,18-,19+,26+,28?,29?;17-,18-,19+,26+,28?/m00/s1. The molecule has 2 aliphatic heterocycles. The van der Waals surface area contributed by atoms with Crippen LogP contribution in [0.3, 0.4) is 0 Å². The van der Waals surface area contributed by atoms with Crippen LogP contribution in [-0.2, 0) is 20.6 Å². The Morgan fingerprint density at radius 3 is 1.53 bits per heavy atom. The van der Waals surface area contributed by atoms with Crippen LogP contribution in [0.2, 0.25) is 0 Å². The molecule has 0 radical (unpaired) electrons. The summed E-state index contributed by atoms with van der Waals surface area (Å²) in [6, 6.07) is 28.4. The lowest BCUT2D eigenvalue weighted by Gasteiger charge is -2.44. The quantitative estimate of drug-likeness (QED) is 0.130. The van der Waals surface area contributed by atoms with Crippen molar-refractivity contribution in [3.63, 3.8) is 0 Å². The van der Waals surface area contributed by atoms with Crippen molar-refractivity contribution in [3.8, 4) is 0 Å². The van der Waals surface area contributed by atoms with Gasteiger partial charge < -0.3 is 23.3 Å². The smallest absolute Gasteiger partial charge is 0.137 e. The SMILES string of the molecule is CC[C@H]1OC(n2cc(C(OC)c3ccc(C4CC4)cc3)c3c(F)cccc32)[C@H](C)[C@@H](C)[C@@H]1C.CC[C@H]1OC(n2cc(Cc3ccc(C4CC4)cc3)c3c(F)cccc32)[C@H](C)[C@@H](C)[C@@H]1C. The van der Waals surface area contributed by atoms with E-state index in [1.165, 1.54) is 42.4 Å². The summed E-state index contributed by atoms with van der Waals surface area (Å²) >= 11 is 0. The number of fused-ring (bicyclic) bond motifs is 2. The fourth-order valence-electron chi connectivity index (χ4n) is 11.3.